The molecule has 0 N–H and O–H groups in total. The molecule has 0 radical (unpaired) electrons. The molecule has 1 unspecified atom stereocenters. The van der Waals surface area contributed by atoms with E-state index in [0.29, 0.717) is 13.2 Å². The standard InChI is InChI=1S/C19H25NO4/c1-5-23-17(21)11-10-14-12-15-8-6-7-9-16(15)20(13-14)18(22)24-19(2,3)4/h6-11,14H,5,12-13H2,1-4H3/b11-10+. The zero-order chi connectivity index (χ0) is 17.7. The number of hydrogen-bond acceptors (Lipinski definition) is 4. The number of anilines is 1. The Morgan fingerprint density at radius 1 is 1.29 bits per heavy atom. The number of fused-ring (bicyclic) bond motifs is 1. The Balaban J connectivity index is 2.20. The summed E-state index contributed by atoms with van der Waals surface area (Å²) in [6.07, 6.45) is 3.65. The van der Waals surface area contributed by atoms with Crippen molar-refractivity contribution in [3.63, 3.8) is 0 Å². The van der Waals surface area contributed by atoms with Crippen LogP contribution < -0.4 is 4.90 Å². The molecule has 0 saturated carbocycles. The second-order valence-electron chi connectivity index (χ2n) is 6.80. The van der Waals surface area contributed by atoms with Gasteiger partial charge in [-0.25, -0.2) is 9.59 Å². The largest absolute Gasteiger partial charge is 0.463 e. The zero-order valence-corrected chi connectivity index (χ0v) is 14.7. The molecule has 0 aliphatic carbocycles. The summed E-state index contributed by atoms with van der Waals surface area (Å²) in [4.78, 5) is 25.7. The highest BCUT2D eigenvalue weighted by atomic mass is 16.6. The molecule has 0 aromatic heterocycles. The van der Waals surface area contributed by atoms with Gasteiger partial charge in [0.25, 0.3) is 0 Å². The molecule has 2 rings (SSSR count). The molecular formula is C19H25NO4. The van der Waals surface area contributed by atoms with Crippen LogP contribution in [-0.2, 0) is 20.7 Å². The number of hydrogen-bond donors (Lipinski definition) is 0. The van der Waals surface area contributed by atoms with Crippen LogP contribution >= 0.6 is 0 Å². The van der Waals surface area contributed by atoms with E-state index < -0.39 is 5.60 Å². The van der Waals surface area contributed by atoms with Crippen LogP contribution in [-0.4, -0.2) is 30.8 Å². The average molecular weight is 331 g/mol. The van der Waals surface area contributed by atoms with Gasteiger partial charge in [-0.3, -0.25) is 4.90 Å². The van der Waals surface area contributed by atoms with Crippen molar-refractivity contribution in [3.05, 3.63) is 42.0 Å². The number of carbonyl (C=O) groups is 2. The maximum atomic E-state index is 12.6. The Kier molecular flexibility index (Phi) is 5.65. The third kappa shape index (κ3) is 4.85. The summed E-state index contributed by atoms with van der Waals surface area (Å²) >= 11 is 0. The highest BCUT2D eigenvalue weighted by Crippen LogP contribution is 2.31. The van der Waals surface area contributed by atoms with Gasteiger partial charge in [0.15, 0.2) is 0 Å². The van der Waals surface area contributed by atoms with E-state index in [9.17, 15) is 9.59 Å². The molecule has 1 aromatic rings. The first-order valence-electron chi connectivity index (χ1n) is 8.23. The summed E-state index contributed by atoms with van der Waals surface area (Å²) in [6.45, 7) is 8.13. The fraction of sp³-hybridized carbons (Fsp3) is 0.474. The number of ether oxygens (including phenoxy) is 2. The summed E-state index contributed by atoms with van der Waals surface area (Å²) < 4.78 is 10.4. The highest BCUT2D eigenvalue weighted by molar-refractivity contribution is 5.89. The van der Waals surface area contributed by atoms with Crippen molar-refractivity contribution in [2.24, 2.45) is 5.92 Å². The van der Waals surface area contributed by atoms with Gasteiger partial charge in [0.1, 0.15) is 5.60 Å². The molecule has 130 valence electrons. The van der Waals surface area contributed by atoms with E-state index in [1.165, 1.54) is 6.08 Å². The van der Waals surface area contributed by atoms with Gasteiger partial charge in [0, 0.05) is 12.6 Å². The van der Waals surface area contributed by atoms with Crippen LogP contribution in [0, 0.1) is 5.92 Å². The average Bonchev–Trinajstić information content (AvgIpc) is 2.50. The predicted molar refractivity (Wildman–Crippen MR) is 93.0 cm³/mol. The summed E-state index contributed by atoms with van der Waals surface area (Å²) in [7, 11) is 0. The molecule has 5 nitrogen and oxygen atoms in total. The zero-order valence-electron chi connectivity index (χ0n) is 14.7. The van der Waals surface area contributed by atoms with Crippen molar-refractivity contribution >= 4 is 17.7 Å². The Labute approximate surface area is 143 Å². The lowest BCUT2D eigenvalue weighted by atomic mass is 9.92. The molecule has 0 saturated heterocycles. The van der Waals surface area contributed by atoms with Crippen molar-refractivity contribution in [2.75, 3.05) is 18.1 Å². The van der Waals surface area contributed by atoms with Crippen molar-refractivity contribution in [1.29, 1.82) is 0 Å². The van der Waals surface area contributed by atoms with Crippen LogP contribution in [0.2, 0.25) is 0 Å². The molecule has 0 bridgehead atoms. The molecule has 0 fully saturated rings. The highest BCUT2D eigenvalue weighted by Gasteiger charge is 2.30. The maximum absolute atomic E-state index is 12.6. The predicted octanol–water partition coefficient (Wildman–Crippen LogP) is 3.72. The van der Waals surface area contributed by atoms with E-state index in [1.807, 2.05) is 51.1 Å². The van der Waals surface area contributed by atoms with Crippen LogP contribution in [0.3, 0.4) is 0 Å². The van der Waals surface area contributed by atoms with Crippen LogP contribution in [0.5, 0.6) is 0 Å². The third-order valence-corrected chi connectivity index (χ3v) is 3.59. The van der Waals surface area contributed by atoms with Crippen molar-refractivity contribution in [3.8, 4) is 0 Å². The van der Waals surface area contributed by atoms with Gasteiger partial charge in [-0.05, 0) is 51.7 Å². The molecule has 1 heterocycles. The minimum Gasteiger partial charge on any atom is -0.463 e. The van der Waals surface area contributed by atoms with E-state index in [2.05, 4.69) is 0 Å². The third-order valence-electron chi connectivity index (χ3n) is 3.59. The number of benzene rings is 1. The quantitative estimate of drug-likeness (QED) is 0.626. The van der Waals surface area contributed by atoms with E-state index >= 15 is 0 Å². The second-order valence-corrected chi connectivity index (χ2v) is 6.80. The molecule has 1 aromatic carbocycles. The van der Waals surface area contributed by atoms with Crippen molar-refractivity contribution in [1.82, 2.24) is 0 Å². The van der Waals surface area contributed by atoms with Crippen LogP contribution in [0.1, 0.15) is 33.3 Å². The van der Waals surface area contributed by atoms with Crippen LogP contribution in [0.25, 0.3) is 0 Å². The molecule has 1 atom stereocenters. The molecule has 1 amide bonds. The molecule has 0 spiro atoms. The number of para-hydroxylation sites is 1. The second kappa shape index (κ2) is 7.51. The Morgan fingerprint density at radius 3 is 2.67 bits per heavy atom. The first kappa shape index (κ1) is 18.0. The van der Waals surface area contributed by atoms with E-state index in [4.69, 9.17) is 9.47 Å². The Hall–Kier alpha value is -2.30. The first-order chi connectivity index (χ1) is 11.3. The Bertz CT molecular complexity index is 630. The lowest BCUT2D eigenvalue weighted by Crippen LogP contribution is -2.42. The fourth-order valence-corrected chi connectivity index (χ4v) is 2.65. The van der Waals surface area contributed by atoms with E-state index in [0.717, 1.165) is 17.7 Å². The smallest absolute Gasteiger partial charge is 0.414 e. The van der Waals surface area contributed by atoms with Gasteiger partial charge in [-0.1, -0.05) is 24.3 Å². The summed E-state index contributed by atoms with van der Waals surface area (Å²) in [5.74, 6) is -0.322. The molecule has 5 heteroatoms. The summed E-state index contributed by atoms with van der Waals surface area (Å²) in [5, 5.41) is 0. The van der Waals surface area contributed by atoms with E-state index in [1.54, 1.807) is 11.8 Å². The summed E-state index contributed by atoms with van der Waals surface area (Å²) in [5.41, 5.74) is 1.38. The van der Waals surface area contributed by atoms with Gasteiger partial charge >= 0.3 is 12.1 Å². The van der Waals surface area contributed by atoms with Crippen molar-refractivity contribution in [2.45, 2.75) is 39.7 Å². The number of carbonyl (C=O) groups excluding carboxylic acids is 2. The first-order valence-corrected chi connectivity index (χ1v) is 8.23. The van der Waals surface area contributed by atoms with Crippen LogP contribution in [0.15, 0.2) is 36.4 Å². The topological polar surface area (TPSA) is 55.8 Å². The maximum Gasteiger partial charge on any atom is 0.414 e. The van der Waals surface area contributed by atoms with Gasteiger partial charge in [0.2, 0.25) is 0 Å². The van der Waals surface area contributed by atoms with Gasteiger partial charge in [-0.15, -0.1) is 0 Å². The van der Waals surface area contributed by atoms with Gasteiger partial charge < -0.3 is 9.47 Å². The van der Waals surface area contributed by atoms with E-state index in [-0.39, 0.29) is 18.0 Å². The number of esters is 1. The monoisotopic (exact) mass is 331 g/mol. The van der Waals surface area contributed by atoms with Gasteiger partial charge in [0.05, 0.1) is 12.3 Å². The molecule has 1 aliphatic rings. The minimum atomic E-state index is -0.556. The number of rotatable bonds is 3. The molecular weight excluding hydrogens is 306 g/mol. The van der Waals surface area contributed by atoms with Crippen LogP contribution in [0.4, 0.5) is 10.5 Å². The lowest BCUT2D eigenvalue weighted by Gasteiger charge is -2.34. The summed E-state index contributed by atoms with van der Waals surface area (Å²) in [6, 6.07) is 7.77. The normalized spacial score (nSPS) is 17.5. The Morgan fingerprint density at radius 2 is 2.00 bits per heavy atom. The van der Waals surface area contributed by atoms with Gasteiger partial charge in [-0.2, -0.15) is 0 Å². The molecule has 1 aliphatic heterocycles. The molecule has 24 heavy (non-hydrogen) atoms. The fourth-order valence-electron chi connectivity index (χ4n) is 2.65. The minimum absolute atomic E-state index is 0.0387. The lowest BCUT2D eigenvalue weighted by molar-refractivity contribution is -0.137. The number of amides is 1. The number of nitrogens with zero attached hydrogens (tertiary/aromatic N) is 1. The van der Waals surface area contributed by atoms with Crippen molar-refractivity contribution < 1.29 is 19.1 Å². The SMILES string of the molecule is CCOC(=O)/C=C/C1Cc2ccccc2N(C(=O)OC(C)(C)C)C1.